The second-order valence-corrected chi connectivity index (χ2v) is 6.56. The molecule has 0 aliphatic carbocycles. The van der Waals surface area contributed by atoms with E-state index in [4.69, 9.17) is 5.73 Å². The molecule has 1 aromatic heterocycles. The Morgan fingerprint density at radius 2 is 2.00 bits per heavy atom. The third-order valence-corrected chi connectivity index (χ3v) is 4.09. The predicted molar refractivity (Wildman–Crippen MR) is 77.7 cm³/mol. The molecule has 2 nitrogen and oxygen atoms in total. The fourth-order valence-corrected chi connectivity index (χ4v) is 3.38. The largest absolute Gasteiger partial charge is 0.329 e. The van der Waals surface area contributed by atoms with Gasteiger partial charge in [-0.2, -0.15) is 0 Å². The average Bonchev–Trinajstić information content (AvgIpc) is 2.57. The number of hydrogen-bond donors (Lipinski definition) is 1. The van der Waals surface area contributed by atoms with Crippen molar-refractivity contribution in [3.05, 3.63) is 21.4 Å². The van der Waals surface area contributed by atoms with E-state index in [0.717, 1.165) is 13.1 Å². The summed E-state index contributed by atoms with van der Waals surface area (Å²) in [7, 11) is 0. The summed E-state index contributed by atoms with van der Waals surface area (Å²) < 4.78 is 0. The molecule has 0 bridgehead atoms. The molecule has 17 heavy (non-hydrogen) atoms. The minimum absolute atomic E-state index is 0.382. The SMILES string of the molecule is CCN(CC(C)C)C(CN)c1cc(C)sc1C. The maximum absolute atomic E-state index is 6.00. The highest BCUT2D eigenvalue weighted by atomic mass is 32.1. The lowest BCUT2D eigenvalue weighted by Gasteiger charge is -2.31. The van der Waals surface area contributed by atoms with Crippen LogP contribution in [0.3, 0.4) is 0 Å². The zero-order valence-electron chi connectivity index (χ0n) is 11.8. The standard InChI is InChI=1S/C14H26N2S/c1-6-16(9-10(2)3)14(8-15)13-7-11(4)17-12(13)5/h7,10,14H,6,8-9,15H2,1-5H3. The summed E-state index contributed by atoms with van der Waals surface area (Å²) in [6.45, 7) is 14.0. The van der Waals surface area contributed by atoms with Gasteiger partial charge in [-0.05, 0) is 37.9 Å². The average molecular weight is 254 g/mol. The van der Waals surface area contributed by atoms with E-state index in [1.807, 2.05) is 11.3 Å². The Balaban J connectivity index is 2.92. The molecule has 0 aromatic carbocycles. The number of likely N-dealkylation sites (N-methyl/N-ethyl adjacent to an activating group) is 1. The summed E-state index contributed by atoms with van der Waals surface area (Å²) in [6.07, 6.45) is 0. The highest BCUT2D eigenvalue weighted by Gasteiger charge is 2.21. The maximum Gasteiger partial charge on any atom is 0.0481 e. The quantitative estimate of drug-likeness (QED) is 0.843. The van der Waals surface area contributed by atoms with Crippen LogP contribution in [0.25, 0.3) is 0 Å². The van der Waals surface area contributed by atoms with E-state index in [1.165, 1.54) is 15.3 Å². The Morgan fingerprint density at radius 1 is 1.35 bits per heavy atom. The Kier molecular flexibility index (Phi) is 5.63. The summed E-state index contributed by atoms with van der Waals surface area (Å²) in [6, 6.07) is 2.69. The van der Waals surface area contributed by atoms with Crippen LogP contribution in [-0.4, -0.2) is 24.5 Å². The highest BCUT2D eigenvalue weighted by molar-refractivity contribution is 7.12. The molecule has 3 heteroatoms. The Bertz CT molecular complexity index is 344. The molecule has 0 spiro atoms. The second kappa shape index (κ2) is 6.53. The molecule has 1 aromatic rings. The van der Waals surface area contributed by atoms with Gasteiger partial charge < -0.3 is 5.73 Å². The fraction of sp³-hybridized carbons (Fsp3) is 0.714. The zero-order chi connectivity index (χ0) is 13.0. The van der Waals surface area contributed by atoms with E-state index in [1.54, 1.807) is 0 Å². The topological polar surface area (TPSA) is 29.3 Å². The van der Waals surface area contributed by atoms with Crippen molar-refractivity contribution < 1.29 is 0 Å². The molecule has 1 rings (SSSR count). The Morgan fingerprint density at radius 3 is 2.35 bits per heavy atom. The van der Waals surface area contributed by atoms with Crippen LogP contribution >= 0.6 is 11.3 Å². The fourth-order valence-electron chi connectivity index (χ4n) is 2.40. The molecule has 0 saturated carbocycles. The van der Waals surface area contributed by atoms with Gasteiger partial charge in [0.25, 0.3) is 0 Å². The zero-order valence-corrected chi connectivity index (χ0v) is 12.6. The Hall–Kier alpha value is -0.380. The van der Waals surface area contributed by atoms with Gasteiger partial charge in [0.15, 0.2) is 0 Å². The van der Waals surface area contributed by atoms with Crippen LogP contribution in [0.2, 0.25) is 0 Å². The minimum atomic E-state index is 0.382. The second-order valence-electron chi connectivity index (χ2n) is 5.10. The third-order valence-electron chi connectivity index (χ3n) is 3.11. The third kappa shape index (κ3) is 3.80. The first kappa shape index (κ1) is 14.7. The van der Waals surface area contributed by atoms with Gasteiger partial charge in [0.1, 0.15) is 0 Å². The van der Waals surface area contributed by atoms with Crippen molar-refractivity contribution in [2.24, 2.45) is 11.7 Å². The number of rotatable bonds is 6. The number of nitrogens with two attached hydrogens (primary N) is 1. The first-order chi connectivity index (χ1) is 7.99. The molecule has 0 aliphatic heterocycles. The molecule has 1 heterocycles. The molecule has 0 aliphatic rings. The van der Waals surface area contributed by atoms with Crippen LogP contribution in [0.5, 0.6) is 0 Å². The van der Waals surface area contributed by atoms with Crippen LogP contribution in [0, 0.1) is 19.8 Å². The van der Waals surface area contributed by atoms with E-state index in [0.29, 0.717) is 18.5 Å². The number of thiophene rings is 1. The van der Waals surface area contributed by atoms with Crippen LogP contribution in [0.1, 0.15) is 42.1 Å². The van der Waals surface area contributed by atoms with E-state index in [2.05, 4.69) is 45.6 Å². The van der Waals surface area contributed by atoms with Crippen molar-refractivity contribution in [3.8, 4) is 0 Å². The van der Waals surface area contributed by atoms with Gasteiger partial charge >= 0.3 is 0 Å². The summed E-state index contributed by atoms with van der Waals surface area (Å²) >= 11 is 1.88. The Labute approximate surface area is 110 Å². The molecule has 2 N–H and O–H groups in total. The molecule has 0 radical (unpaired) electrons. The van der Waals surface area contributed by atoms with Crippen LogP contribution in [0.15, 0.2) is 6.07 Å². The molecule has 0 fully saturated rings. The highest BCUT2D eigenvalue weighted by Crippen LogP contribution is 2.29. The van der Waals surface area contributed by atoms with Gasteiger partial charge in [0.2, 0.25) is 0 Å². The number of hydrogen-bond acceptors (Lipinski definition) is 3. The molecule has 0 amide bonds. The molecule has 0 saturated heterocycles. The van der Waals surface area contributed by atoms with Gasteiger partial charge in [-0.3, -0.25) is 4.90 Å². The van der Waals surface area contributed by atoms with Crippen molar-refractivity contribution in [1.29, 1.82) is 0 Å². The monoisotopic (exact) mass is 254 g/mol. The van der Waals surface area contributed by atoms with Crippen LogP contribution in [-0.2, 0) is 0 Å². The first-order valence-corrected chi connectivity index (χ1v) is 7.32. The summed E-state index contributed by atoms with van der Waals surface area (Å²) in [5, 5.41) is 0. The molecule has 1 atom stereocenters. The van der Waals surface area contributed by atoms with E-state index in [-0.39, 0.29) is 0 Å². The van der Waals surface area contributed by atoms with E-state index >= 15 is 0 Å². The summed E-state index contributed by atoms with van der Waals surface area (Å²) in [5.41, 5.74) is 7.43. The lowest BCUT2D eigenvalue weighted by molar-refractivity contribution is 0.189. The number of aryl methyl sites for hydroxylation is 2. The van der Waals surface area contributed by atoms with Gasteiger partial charge in [-0.1, -0.05) is 20.8 Å². The number of nitrogens with zero attached hydrogens (tertiary/aromatic N) is 1. The van der Waals surface area contributed by atoms with Crippen molar-refractivity contribution in [2.75, 3.05) is 19.6 Å². The van der Waals surface area contributed by atoms with Crippen molar-refractivity contribution >= 4 is 11.3 Å². The van der Waals surface area contributed by atoms with Gasteiger partial charge in [-0.25, -0.2) is 0 Å². The molecular formula is C14H26N2S. The smallest absolute Gasteiger partial charge is 0.0481 e. The van der Waals surface area contributed by atoms with Gasteiger partial charge in [0.05, 0.1) is 0 Å². The van der Waals surface area contributed by atoms with Crippen molar-refractivity contribution in [2.45, 2.75) is 40.7 Å². The first-order valence-electron chi connectivity index (χ1n) is 6.50. The summed E-state index contributed by atoms with van der Waals surface area (Å²) in [4.78, 5) is 5.30. The summed E-state index contributed by atoms with van der Waals surface area (Å²) in [5.74, 6) is 0.684. The van der Waals surface area contributed by atoms with Crippen molar-refractivity contribution in [3.63, 3.8) is 0 Å². The van der Waals surface area contributed by atoms with Crippen molar-refractivity contribution in [1.82, 2.24) is 4.90 Å². The van der Waals surface area contributed by atoms with Gasteiger partial charge in [0, 0.05) is 28.9 Å². The normalized spacial score (nSPS) is 13.6. The molecule has 98 valence electrons. The minimum Gasteiger partial charge on any atom is -0.329 e. The van der Waals surface area contributed by atoms with E-state index in [9.17, 15) is 0 Å². The van der Waals surface area contributed by atoms with Crippen LogP contribution in [0.4, 0.5) is 0 Å². The van der Waals surface area contributed by atoms with Crippen LogP contribution < -0.4 is 5.73 Å². The lowest BCUT2D eigenvalue weighted by Crippen LogP contribution is -2.36. The maximum atomic E-state index is 6.00. The molecular weight excluding hydrogens is 228 g/mol. The lowest BCUT2D eigenvalue weighted by atomic mass is 10.0. The predicted octanol–water partition coefficient (Wildman–Crippen LogP) is 3.34. The van der Waals surface area contributed by atoms with E-state index < -0.39 is 0 Å². The molecule has 1 unspecified atom stereocenters. The van der Waals surface area contributed by atoms with Gasteiger partial charge in [-0.15, -0.1) is 11.3 Å².